The summed E-state index contributed by atoms with van der Waals surface area (Å²) >= 11 is 0. The van der Waals surface area contributed by atoms with Crippen LogP contribution in [0.25, 0.3) is 0 Å². The Morgan fingerprint density at radius 3 is 2.60 bits per heavy atom. The van der Waals surface area contributed by atoms with E-state index < -0.39 is 0 Å². The van der Waals surface area contributed by atoms with Gasteiger partial charge in [0.05, 0.1) is 6.33 Å². The molecule has 0 atom stereocenters. The number of hydrogen-bond donors (Lipinski definition) is 1. The maximum atomic E-state index is 4.43. The first-order valence-corrected chi connectivity index (χ1v) is 7.69. The van der Waals surface area contributed by atoms with Crippen molar-refractivity contribution < 1.29 is 0 Å². The fourth-order valence-electron chi connectivity index (χ4n) is 3.55. The van der Waals surface area contributed by atoms with Crippen molar-refractivity contribution in [3.63, 3.8) is 0 Å². The van der Waals surface area contributed by atoms with Gasteiger partial charge in [0.25, 0.3) is 0 Å². The molecule has 0 aromatic carbocycles. The lowest BCUT2D eigenvalue weighted by molar-refractivity contribution is 0.203. The average molecular weight is 278 g/mol. The first-order valence-electron chi connectivity index (χ1n) is 7.69. The maximum absolute atomic E-state index is 4.43. The molecule has 0 radical (unpaired) electrons. The molecule has 1 aromatic heterocycles. The molecule has 4 nitrogen and oxygen atoms in total. The Morgan fingerprint density at radius 1 is 1.35 bits per heavy atom. The summed E-state index contributed by atoms with van der Waals surface area (Å²) in [7, 11) is 4.29. The number of piperidine rings is 1. The van der Waals surface area contributed by atoms with E-state index in [1.54, 1.807) is 0 Å². The molecule has 0 saturated carbocycles. The topological polar surface area (TPSA) is 33.1 Å². The van der Waals surface area contributed by atoms with Crippen LogP contribution in [0.15, 0.2) is 12.5 Å². The van der Waals surface area contributed by atoms with E-state index in [9.17, 15) is 0 Å². The van der Waals surface area contributed by atoms with Gasteiger partial charge in [-0.1, -0.05) is 20.8 Å². The van der Waals surface area contributed by atoms with Gasteiger partial charge in [-0.15, -0.1) is 0 Å². The maximum Gasteiger partial charge on any atom is 0.0948 e. The molecule has 1 fully saturated rings. The molecule has 1 saturated heterocycles. The molecule has 0 amide bonds. The molecule has 0 aliphatic carbocycles. The Labute approximate surface area is 123 Å². The monoisotopic (exact) mass is 278 g/mol. The van der Waals surface area contributed by atoms with E-state index >= 15 is 0 Å². The summed E-state index contributed by atoms with van der Waals surface area (Å²) in [6.07, 6.45) is 6.50. The van der Waals surface area contributed by atoms with Crippen LogP contribution in [-0.4, -0.2) is 48.2 Å². The van der Waals surface area contributed by atoms with Crippen LogP contribution in [0.4, 0.5) is 0 Å². The van der Waals surface area contributed by atoms with Crippen molar-refractivity contribution in [2.75, 3.05) is 33.7 Å². The number of aromatic nitrogens is 2. The van der Waals surface area contributed by atoms with Crippen LogP contribution in [0.5, 0.6) is 0 Å². The molecular formula is C16H30N4. The fourth-order valence-corrected chi connectivity index (χ4v) is 3.55. The lowest BCUT2D eigenvalue weighted by atomic mass is 9.78. The van der Waals surface area contributed by atoms with Gasteiger partial charge in [-0.25, -0.2) is 4.98 Å². The summed E-state index contributed by atoms with van der Waals surface area (Å²) in [5, 5.41) is 3.46. The normalized spacial score (nSPS) is 19.5. The highest BCUT2D eigenvalue weighted by Crippen LogP contribution is 2.33. The second kappa shape index (κ2) is 5.86. The van der Waals surface area contributed by atoms with Gasteiger partial charge in [-0.2, -0.15) is 0 Å². The van der Waals surface area contributed by atoms with E-state index in [1.807, 2.05) is 6.33 Å². The minimum atomic E-state index is 0.252. The average Bonchev–Trinajstić information content (AvgIpc) is 2.76. The lowest BCUT2D eigenvalue weighted by Gasteiger charge is -2.36. The molecule has 1 aromatic rings. The highest BCUT2D eigenvalue weighted by molar-refractivity contribution is 5.15. The summed E-state index contributed by atoms with van der Waals surface area (Å²) in [4.78, 5) is 6.70. The predicted molar refractivity (Wildman–Crippen MR) is 84.0 cm³/mol. The zero-order valence-corrected chi connectivity index (χ0v) is 13.7. The van der Waals surface area contributed by atoms with Crippen LogP contribution < -0.4 is 5.32 Å². The number of nitrogens with one attached hydrogen (secondary N) is 1. The number of rotatable bonds is 5. The van der Waals surface area contributed by atoms with Crippen molar-refractivity contribution in [3.05, 3.63) is 18.2 Å². The van der Waals surface area contributed by atoms with Crippen molar-refractivity contribution >= 4 is 0 Å². The molecule has 0 spiro atoms. The van der Waals surface area contributed by atoms with Gasteiger partial charge in [-0.05, 0) is 45.4 Å². The Hall–Kier alpha value is -0.870. The summed E-state index contributed by atoms with van der Waals surface area (Å²) in [6.45, 7) is 11.4. The standard InChI is InChI=1S/C16H30N4/c1-15(2,11-19(4)5)12-20-13-18-10-14(20)16(3)6-8-17-9-7-16/h10,13,17H,6-9,11-12H2,1-5H3. The Kier molecular flexibility index (Phi) is 4.55. The highest BCUT2D eigenvalue weighted by Gasteiger charge is 2.32. The summed E-state index contributed by atoms with van der Waals surface area (Å²) in [5.41, 5.74) is 1.93. The zero-order valence-electron chi connectivity index (χ0n) is 13.7. The number of imidazole rings is 1. The third-order valence-corrected chi connectivity index (χ3v) is 4.38. The Morgan fingerprint density at radius 2 is 2.00 bits per heavy atom. The van der Waals surface area contributed by atoms with Gasteiger partial charge in [0.1, 0.15) is 0 Å². The Balaban J connectivity index is 2.16. The van der Waals surface area contributed by atoms with Gasteiger partial charge in [0, 0.05) is 30.4 Å². The van der Waals surface area contributed by atoms with Crippen LogP contribution >= 0.6 is 0 Å². The molecule has 114 valence electrons. The van der Waals surface area contributed by atoms with Crippen molar-refractivity contribution in [1.29, 1.82) is 0 Å². The van der Waals surface area contributed by atoms with E-state index in [2.05, 4.69) is 60.8 Å². The van der Waals surface area contributed by atoms with E-state index in [4.69, 9.17) is 0 Å². The smallest absolute Gasteiger partial charge is 0.0948 e. The molecule has 1 N–H and O–H groups in total. The SMILES string of the molecule is CN(C)CC(C)(C)Cn1cncc1C1(C)CCNCC1. The second-order valence-electron chi connectivity index (χ2n) is 7.62. The minimum Gasteiger partial charge on any atom is -0.333 e. The van der Waals surface area contributed by atoms with E-state index in [-0.39, 0.29) is 10.8 Å². The molecule has 0 unspecified atom stereocenters. The van der Waals surface area contributed by atoms with Crippen molar-refractivity contribution in [2.24, 2.45) is 5.41 Å². The van der Waals surface area contributed by atoms with Gasteiger partial charge in [0.15, 0.2) is 0 Å². The second-order valence-corrected chi connectivity index (χ2v) is 7.62. The van der Waals surface area contributed by atoms with Crippen LogP contribution in [0.2, 0.25) is 0 Å². The first kappa shape index (κ1) is 15.5. The molecule has 2 rings (SSSR count). The number of nitrogens with zero attached hydrogens (tertiary/aromatic N) is 3. The van der Waals surface area contributed by atoms with Crippen LogP contribution in [0.1, 0.15) is 39.3 Å². The molecule has 0 bridgehead atoms. The predicted octanol–water partition coefficient (Wildman–Crippen LogP) is 2.11. The third kappa shape index (κ3) is 3.61. The zero-order chi connectivity index (χ0) is 14.8. The van der Waals surface area contributed by atoms with Gasteiger partial charge in [-0.3, -0.25) is 0 Å². The van der Waals surface area contributed by atoms with E-state index in [0.29, 0.717) is 0 Å². The van der Waals surface area contributed by atoms with Crippen LogP contribution in [0, 0.1) is 5.41 Å². The molecule has 20 heavy (non-hydrogen) atoms. The fraction of sp³-hybridized carbons (Fsp3) is 0.812. The quantitative estimate of drug-likeness (QED) is 0.895. The summed E-state index contributed by atoms with van der Waals surface area (Å²) in [6, 6.07) is 0. The number of hydrogen-bond acceptors (Lipinski definition) is 3. The lowest BCUT2D eigenvalue weighted by Crippen LogP contribution is -2.40. The van der Waals surface area contributed by atoms with Crippen molar-refractivity contribution in [3.8, 4) is 0 Å². The largest absolute Gasteiger partial charge is 0.333 e. The van der Waals surface area contributed by atoms with Crippen LogP contribution in [0.3, 0.4) is 0 Å². The van der Waals surface area contributed by atoms with Gasteiger partial charge >= 0.3 is 0 Å². The molecule has 1 aliphatic rings. The molecule has 1 aliphatic heterocycles. The van der Waals surface area contributed by atoms with Crippen molar-refractivity contribution in [1.82, 2.24) is 19.8 Å². The Bertz CT molecular complexity index is 427. The van der Waals surface area contributed by atoms with E-state index in [0.717, 1.165) is 26.2 Å². The third-order valence-electron chi connectivity index (χ3n) is 4.38. The van der Waals surface area contributed by atoms with Crippen molar-refractivity contribution in [2.45, 2.75) is 45.6 Å². The highest BCUT2D eigenvalue weighted by atomic mass is 15.1. The minimum absolute atomic E-state index is 0.252. The van der Waals surface area contributed by atoms with Crippen LogP contribution in [-0.2, 0) is 12.0 Å². The van der Waals surface area contributed by atoms with Gasteiger partial charge in [0.2, 0.25) is 0 Å². The summed E-state index contributed by atoms with van der Waals surface area (Å²) < 4.78 is 2.38. The summed E-state index contributed by atoms with van der Waals surface area (Å²) in [5.74, 6) is 0. The van der Waals surface area contributed by atoms with Gasteiger partial charge < -0.3 is 14.8 Å². The molecular weight excluding hydrogens is 248 g/mol. The molecule has 4 heteroatoms. The molecule has 2 heterocycles. The van der Waals surface area contributed by atoms with E-state index in [1.165, 1.54) is 18.5 Å². The first-order chi connectivity index (χ1) is 9.32.